The lowest BCUT2D eigenvalue weighted by Crippen LogP contribution is -2.31. The van der Waals surface area contributed by atoms with Gasteiger partial charge in [0.25, 0.3) is 0 Å². The Morgan fingerprint density at radius 2 is 1.93 bits per heavy atom. The van der Waals surface area contributed by atoms with Crippen LogP contribution in [0.5, 0.6) is 0 Å². The van der Waals surface area contributed by atoms with E-state index in [1.165, 1.54) is 4.90 Å². The third kappa shape index (κ3) is 5.72. The van der Waals surface area contributed by atoms with Crippen molar-refractivity contribution in [3.63, 3.8) is 0 Å². The third-order valence-corrected chi connectivity index (χ3v) is 1.59. The van der Waals surface area contributed by atoms with Crippen LogP contribution in [0.4, 0.5) is 4.79 Å². The average molecular weight is 215 g/mol. The smallest absolute Gasteiger partial charge is 0.409 e. The molecular formula is C10H17NO4. The fourth-order valence-electron chi connectivity index (χ4n) is 0.723. The minimum Gasteiger partial charge on any atom is -0.460 e. The van der Waals surface area contributed by atoms with Gasteiger partial charge >= 0.3 is 12.1 Å². The fraction of sp³-hybridized carbons (Fsp3) is 0.600. The molecule has 0 saturated carbocycles. The van der Waals surface area contributed by atoms with E-state index in [2.05, 4.69) is 6.58 Å². The number of hydrogen-bond acceptors (Lipinski definition) is 4. The summed E-state index contributed by atoms with van der Waals surface area (Å²) >= 11 is 0. The molecule has 5 heteroatoms. The van der Waals surface area contributed by atoms with Crippen molar-refractivity contribution in [3.8, 4) is 0 Å². The number of hydrogen-bond donors (Lipinski definition) is 0. The molecule has 0 aliphatic carbocycles. The second-order valence-corrected chi connectivity index (χ2v) is 3.04. The average Bonchev–Trinajstić information content (AvgIpc) is 2.17. The van der Waals surface area contributed by atoms with Crippen molar-refractivity contribution in [3.05, 3.63) is 12.2 Å². The zero-order valence-electron chi connectivity index (χ0n) is 9.41. The summed E-state index contributed by atoms with van der Waals surface area (Å²) in [6.45, 7) is 7.50. The molecule has 5 nitrogen and oxygen atoms in total. The molecule has 0 spiro atoms. The maximum Gasteiger partial charge on any atom is 0.409 e. The van der Waals surface area contributed by atoms with Gasteiger partial charge in [0.1, 0.15) is 6.61 Å². The summed E-state index contributed by atoms with van der Waals surface area (Å²) in [5, 5.41) is 0. The Labute approximate surface area is 89.6 Å². The molecule has 0 heterocycles. The molecule has 0 atom stereocenters. The van der Waals surface area contributed by atoms with Crippen molar-refractivity contribution < 1.29 is 19.1 Å². The highest BCUT2D eigenvalue weighted by molar-refractivity contribution is 5.86. The first-order chi connectivity index (χ1) is 6.99. The second-order valence-electron chi connectivity index (χ2n) is 3.04. The molecule has 0 aromatic rings. The van der Waals surface area contributed by atoms with Gasteiger partial charge in [0.05, 0.1) is 13.2 Å². The Balaban J connectivity index is 3.72. The molecule has 0 radical (unpaired) electrons. The third-order valence-electron chi connectivity index (χ3n) is 1.59. The van der Waals surface area contributed by atoms with Crippen LogP contribution < -0.4 is 0 Å². The van der Waals surface area contributed by atoms with Crippen LogP contribution >= 0.6 is 0 Å². The van der Waals surface area contributed by atoms with E-state index in [1.54, 1.807) is 20.9 Å². The number of likely N-dealkylation sites (N-methyl/N-ethyl adjacent to an activating group) is 1. The van der Waals surface area contributed by atoms with E-state index < -0.39 is 12.1 Å². The van der Waals surface area contributed by atoms with Gasteiger partial charge in [0.15, 0.2) is 0 Å². The van der Waals surface area contributed by atoms with E-state index in [0.29, 0.717) is 18.7 Å². The number of rotatable bonds is 5. The van der Waals surface area contributed by atoms with Crippen LogP contribution in [0.2, 0.25) is 0 Å². The highest BCUT2D eigenvalue weighted by Gasteiger charge is 2.09. The Morgan fingerprint density at radius 3 is 2.40 bits per heavy atom. The van der Waals surface area contributed by atoms with Crippen LogP contribution in [0.25, 0.3) is 0 Å². The number of esters is 1. The van der Waals surface area contributed by atoms with Crippen molar-refractivity contribution >= 4 is 12.1 Å². The maximum absolute atomic E-state index is 11.1. The van der Waals surface area contributed by atoms with Gasteiger partial charge in [-0.1, -0.05) is 6.58 Å². The van der Waals surface area contributed by atoms with Gasteiger partial charge in [-0.3, -0.25) is 0 Å². The predicted octanol–water partition coefficient (Wildman–Crippen LogP) is 1.19. The topological polar surface area (TPSA) is 55.8 Å². The molecule has 0 aromatic carbocycles. The zero-order valence-corrected chi connectivity index (χ0v) is 9.41. The molecule has 0 rings (SSSR count). The standard InChI is InChI=1S/C10H17NO4/c1-5-14-10(13)11(4)6-7-15-9(12)8(2)3/h2,5-7H2,1,3-4H3. The highest BCUT2D eigenvalue weighted by Crippen LogP contribution is 1.94. The number of nitrogens with zero attached hydrogens (tertiary/aromatic N) is 1. The number of amides is 1. The fourth-order valence-corrected chi connectivity index (χ4v) is 0.723. The lowest BCUT2D eigenvalue weighted by atomic mass is 10.4. The molecule has 15 heavy (non-hydrogen) atoms. The summed E-state index contributed by atoms with van der Waals surface area (Å²) in [4.78, 5) is 23.4. The van der Waals surface area contributed by atoms with E-state index in [-0.39, 0.29) is 6.61 Å². The summed E-state index contributed by atoms with van der Waals surface area (Å²) in [5.74, 6) is -0.452. The number of carbonyl (C=O) groups is 2. The van der Waals surface area contributed by atoms with Gasteiger partial charge in [-0.25, -0.2) is 9.59 Å². The van der Waals surface area contributed by atoms with Gasteiger partial charge in [-0.05, 0) is 13.8 Å². The van der Waals surface area contributed by atoms with Gasteiger partial charge in [0, 0.05) is 12.6 Å². The first-order valence-corrected chi connectivity index (χ1v) is 4.69. The van der Waals surface area contributed by atoms with Gasteiger partial charge in [-0.15, -0.1) is 0 Å². The minimum absolute atomic E-state index is 0.140. The first kappa shape index (κ1) is 13.5. The van der Waals surface area contributed by atoms with Gasteiger partial charge < -0.3 is 14.4 Å². The summed E-state index contributed by atoms with van der Waals surface area (Å²) in [7, 11) is 1.58. The van der Waals surface area contributed by atoms with Crippen molar-refractivity contribution in [1.82, 2.24) is 4.90 Å². The SMILES string of the molecule is C=C(C)C(=O)OCCN(C)C(=O)OCC. The lowest BCUT2D eigenvalue weighted by molar-refractivity contribution is -0.139. The summed E-state index contributed by atoms with van der Waals surface area (Å²) in [6, 6.07) is 0. The molecular weight excluding hydrogens is 198 g/mol. The summed E-state index contributed by atoms with van der Waals surface area (Å²) in [6.07, 6.45) is -0.427. The molecule has 0 saturated heterocycles. The normalized spacial score (nSPS) is 9.27. The first-order valence-electron chi connectivity index (χ1n) is 4.69. The van der Waals surface area contributed by atoms with Crippen LogP contribution in [0.15, 0.2) is 12.2 Å². The molecule has 0 aromatic heterocycles. The molecule has 0 N–H and O–H groups in total. The number of carbonyl (C=O) groups excluding carboxylic acids is 2. The summed E-state index contributed by atoms with van der Waals surface area (Å²) < 4.78 is 9.55. The van der Waals surface area contributed by atoms with E-state index in [4.69, 9.17) is 9.47 Å². The molecule has 1 amide bonds. The van der Waals surface area contributed by atoms with Crippen LogP contribution in [0.1, 0.15) is 13.8 Å². The second kappa shape index (κ2) is 6.86. The molecule has 0 aliphatic heterocycles. The number of ether oxygens (including phenoxy) is 2. The van der Waals surface area contributed by atoms with Crippen LogP contribution in [-0.4, -0.2) is 43.8 Å². The molecule has 0 unspecified atom stereocenters. The Morgan fingerprint density at radius 1 is 1.33 bits per heavy atom. The van der Waals surface area contributed by atoms with E-state index in [1.807, 2.05) is 0 Å². The van der Waals surface area contributed by atoms with E-state index in [9.17, 15) is 9.59 Å². The van der Waals surface area contributed by atoms with E-state index >= 15 is 0 Å². The molecule has 0 aliphatic rings. The van der Waals surface area contributed by atoms with Crippen molar-refractivity contribution in [2.24, 2.45) is 0 Å². The van der Waals surface area contributed by atoms with Crippen molar-refractivity contribution in [2.45, 2.75) is 13.8 Å². The summed E-state index contributed by atoms with van der Waals surface area (Å²) in [5.41, 5.74) is 0.341. The Kier molecular flexibility index (Phi) is 6.17. The Hall–Kier alpha value is -1.52. The Bertz CT molecular complexity index is 250. The molecule has 86 valence electrons. The lowest BCUT2D eigenvalue weighted by Gasteiger charge is -2.16. The van der Waals surface area contributed by atoms with Crippen LogP contribution in [0, 0.1) is 0 Å². The van der Waals surface area contributed by atoms with E-state index in [0.717, 1.165) is 0 Å². The van der Waals surface area contributed by atoms with Crippen LogP contribution in [-0.2, 0) is 14.3 Å². The van der Waals surface area contributed by atoms with Gasteiger partial charge in [0.2, 0.25) is 0 Å². The molecule has 0 fully saturated rings. The van der Waals surface area contributed by atoms with Crippen LogP contribution in [0.3, 0.4) is 0 Å². The maximum atomic E-state index is 11.1. The monoisotopic (exact) mass is 215 g/mol. The van der Waals surface area contributed by atoms with Crippen molar-refractivity contribution in [2.75, 3.05) is 26.8 Å². The quantitative estimate of drug-likeness (QED) is 0.510. The minimum atomic E-state index is -0.452. The van der Waals surface area contributed by atoms with Crippen molar-refractivity contribution in [1.29, 1.82) is 0 Å². The predicted molar refractivity (Wildman–Crippen MR) is 55.4 cm³/mol. The van der Waals surface area contributed by atoms with Gasteiger partial charge in [-0.2, -0.15) is 0 Å². The highest BCUT2D eigenvalue weighted by atomic mass is 16.6. The molecule has 0 bridgehead atoms. The largest absolute Gasteiger partial charge is 0.460 e. The zero-order chi connectivity index (χ0) is 11.8.